The van der Waals surface area contributed by atoms with Crippen LogP contribution < -0.4 is 0 Å². The molecular weight excluding hydrogens is 198 g/mol. The molecule has 1 N–H and O–H groups in total. The summed E-state index contributed by atoms with van der Waals surface area (Å²) in [7, 11) is 0. The van der Waals surface area contributed by atoms with Gasteiger partial charge in [0.1, 0.15) is 0 Å². The maximum atomic E-state index is 9.72. The molecule has 1 aliphatic heterocycles. The Morgan fingerprint density at radius 1 is 1.25 bits per heavy atom. The molecule has 0 aromatic heterocycles. The molecule has 2 heteroatoms. The number of aliphatic hydroxyl groups is 1. The van der Waals surface area contributed by atoms with E-state index >= 15 is 0 Å². The molecule has 0 aliphatic carbocycles. The van der Waals surface area contributed by atoms with Gasteiger partial charge >= 0.3 is 0 Å². The Morgan fingerprint density at radius 2 is 1.94 bits per heavy atom. The maximum Gasteiger partial charge on any atom is 0.0603 e. The molecule has 0 unspecified atom stereocenters. The highest BCUT2D eigenvalue weighted by molar-refractivity contribution is 5.28. The van der Waals surface area contributed by atoms with E-state index in [2.05, 4.69) is 29.2 Å². The van der Waals surface area contributed by atoms with Crippen LogP contribution in [0.15, 0.2) is 24.3 Å². The number of rotatable bonds is 3. The van der Waals surface area contributed by atoms with Gasteiger partial charge in [0.15, 0.2) is 0 Å². The molecule has 0 amide bonds. The zero-order valence-corrected chi connectivity index (χ0v) is 10.2. The average molecular weight is 219 g/mol. The summed E-state index contributed by atoms with van der Waals surface area (Å²) >= 11 is 0. The van der Waals surface area contributed by atoms with Crippen LogP contribution >= 0.6 is 0 Å². The van der Waals surface area contributed by atoms with Gasteiger partial charge in [-0.2, -0.15) is 0 Å². The van der Waals surface area contributed by atoms with Crippen molar-refractivity contribution in [1.82, 2.24) is 4.90 Å². The van der Waals surface area contributed by atoms with Crippen LogP contribution in [-0.2, 0) is 13.0 Å². The Kier molecular flexibility index (Phi) is 3.31. The highest BCUT2D eigenvalue weighted by atomic mass is 16.3. The van der Waals surface area contributed by atoms with Crippen LogP contribution in [0.4, 0.5) is 0 Å². The first-order valence-corrected chi connectivity index (χ1v) is 6.06. The minimum absolute atomic E-state index is 0.545. The zero-order chi connectivity index (χ0) is 11.6. The van der Waals surface area contributed by atoms with Crippen molar-refractivity contribution in [2.45, 2.75) is 38.8 Å². The molecule has 2 rings (SSSR count). The molecule has 2 nitrogen and oxygen atoms in total. The highest BCUT2D eigenvalue weighted by Crippen LogP contribution is 2.19. The van der Waals surface area contributed by atoms with Crippen molar-refractivity contribution in [3.05, 3.63) is 35.4 Å². The molecule has 1 aliphatic rings. The van der Waals surface area contributed by atoms with Crippen molar-refractivity contribution >= 4 is 0 Å². The molecule has 88 valence electrons. The second-order valence-electron chi connectivity index (χ2n) is 5.36. The van der Waals surface area contributed by atoms with Gasteiger partial charge in [-0.05, 0) is 37.8 Å². The molecule has 0 fully saturated rings. The molecule has 0 radical (unpaired) electrons. The largest absolute Gasteiger partial charge is 0.390 e. The highest BCUT2D eigenvalue weighted by Gasteiger charge is 2.18. The van der Waals surface area contributed by atoms with Gasteiger partial charge in [0.05, 0.1) is 5.60 Å². The van der Waals surface area contributed by atoms with Gasteiger partial charge in [0.2, 0.25) is 0 Å². The van der Waals surface area contributed by atoms with Crippen molar-refractivity contribution in [2.75, 3.05) is 13.1 Å². The van der Waals surface area contributed by atoms with E-state index < -0.39 is 5.60 Å². The Bertz CT molecular complexity index is 354. The summed E-state index contributed by atoms with van der Waals surface area (Å²) in [5.74, 6) is 0. The van der Waals surface area contributed by atoms with Gasteiger partial charge < -0.3 is 5.11 Å². The van der Waals surface area contributed by atoms with Gasteiger partial charge in [-0.25, -0.2) is 0 Å². The standard InChI is InChI=1S/C14H21NO/c1-14(2,16)8-10-15-9-7-12-5-3-4-6-13(12)11-15/h3-6,16H,7-11H2,1-2H3. The van der Waals surface area contributed by atoms with Crippen LogP contribution in [0.25, 0.3) is 0 Å². The zero-order valence-electron chi connectivity index (χ0n) is 10.2. The Morgan fingerprint density at radius 3 is 2.62 bits per heavy atom. The van der Waals surface area contributed by atoms with E-state index in [4.69, 9.17) is 0 Å². The monoisotopic (exact) mass is 219 g/mol. The van der Waals surface area contributed by atoms with Crippen molar-refractivity contribution < 1.29 is 5.11 Å². The van der Waals surface area contributed by atoms with Crippen LogP contribution in [-0.4, -0.2) is 28.7 Å². The number of hydrogen-bond acceptors (Lipinski definition) is 2. The first-order chi connectivity index (χ1) is 7.54. The lowest BCUT2D eigenvalue weighted by Crippen LogP contribution is -2.34. The van der Waals surface area contributed by atoms with Crippen LogP contribution in [0.3, 0.4) is 0 Å². The molecule has 0 bridgehead atoms. The molecule has 0 saturated heterocycles. The Balaban J connectivity index is 1.93. The predicted octanol–water partition coefficient (Wildman–Crippen LogP) is 2.21. The van der Waals surface area contributed by atoms with Crippen LogP contribution in [0.1, 0.15) is 31.4 Å². The van der Waals surface area contributed by atoms with Gasteiger partial charge in [-0.15, -0.1) is 0 Å². The van der Waals surface area contributed by atoms with Crippen LogP contribution in [0.2, 0.25) is 0 Å². The Hall–Kier alpha value is -0.860. The molecular formula is C14H21NO. The van der Waals surface area contributed by atoms with Gasteiger partial charge in [0.25, 0.3) is 0 Å². The lowest BCUT2D eigenvalue weighted by molar-refractivity contribution is 0.0558. The molecule has 0 saturated carbocycles. The van der Waals surface area contributed by atoms with E-state index in [1.54, 1.807) is 0 Å². The first-order valence-electron chi connectivity index (χ1n) is 6.06. The van der Waals surface area contributed by atoms with E-state index in [1.807, 2.05) is 13.8 Å². The Labute approximate surface area is 97.9 Å². The van der Waals surface area contributed by atoms with E-state index in [9.17, 15) is 5.11 Å². The molecule has 1 aromatic carbocycles. The third kappa shape index (κ3) is 3.06. The second kappa shape index (κ2) is 4.56. The first kappa shape index (κ1) is 11.6. The van der Waals surface area contributed by atoms with Crippen LogP contribution in [0.5, 0.6) is 0 Å². The second-order valence-corrected chi connectivity index (χ2v) is 5.36. The van der Waals surface area contributed by atoms with Gasteiger partial charge in [-0.3, -0.25) is 4.90 Å². The maximum absolute atomic E-state index is 9.72. The van der Waals surface area contributed by atoms with Crippen molar-refractivity contribution in [1.29, 1.82) is 0 Å². The van der Waals surface area contributed by atoms with Gasteiger partial charge in [0, 0.05) is 19.6 Å². The minimum Gasteiger partial charge on any atom is -0.390 e. The van der Waals surface area contributed by atoms with Crippen molar-refractivity contribution in [2.24, 2.45) is 0 Å². The van der Waals surface area contributed by atoms with Gasteiger partial charge in [-0.1, -0.05) is 24.3 Å². The fraction of sp³-hybridized carbons (Fsp3) is 0.571. The molecule has 0 atom stereocenters. The lowest BCUT2D eigenvalue weighted by Gasteiger charge is -2.30. The third-order valence-corrected chi connectivity index (χ3v) is 3.25. The number of benzene rings is 1. The minimum atomic E-state index is -0.545. The number of hydrogen-bond donors (Lipinski definition) is 1. The normalized spacial score (nSPS) is 17.2. The predicted molar refractivity (Wildman–Crippen MR) is 66.3 cm³/mol. The number of fused-ring (bicyclic) bond motifs is 1. The molecule has 0 spiro atoms. The molecule has 1 heterocycles. The fourth-order valence-corrected chi connectivity index (χ4v) is 2.18. The van der Waals surface area contributed by atoms with E-state index in [-0.39, 0.29) is 0 Å². The van der Waals surface area contributed by atoms with E-state index in [1.165, 1.54) is 11.1 Å². The van der Waals surface area contributed by atoms with E-state index in [0.29, 0.717) is 0 Å². The fourth-order valence-electron chi connectivity index (χ4n) is 2.18. The number of nitrogens with zero attached hydrogens (tertiary/aromatic N) is 1. The third-order valence-electron chi connectivity index (χ3n) is 3.25. The van der Waals surface area contributed by atoms with E-state index in [0.717, 1.165) is 32.5 Å². The summed E-state index contributed by atoms with van der Waals surface area (Å²) in [6, 6.07) is 8.66. The molecule has 1 aromatic rings. The summed E-state index contributed by atoms with van der Waals surface area (Å²) in [5.41, 5.74) is 2.39. The average Bonchev–Trinajstić information content (AvgIpc) is 2.25. The molecule has 16 heavy (non-hydrogen) atoms. The summed E-state index contributed by atoms with van der Waals surface area (Å²) in [4.78, 5) is 2.43. The smallest absolute Gasteiger partial charge is 0.0603 e. The van der Waals surface area contributed by atoms with Crippen molar-refractivity contribution in [3.63, 3.8) is 0 Å². The topological polar surface area (TPSA) is 23.5 Å². The quantitative estimate of drug-likeness (QED) is 0.842. The summed E-state index contributed by atoms with van der Waals surface area (Å²) in [6.45, 7) is 6.90. The lowest BCUT2D eigenvalue weighted by atomic mass is 9.98. The SMILES string of the molecule is CC(C)(O)CCN1CCc2ccccc2C1. The summed E-state index contributed by atoms with van der Waals surface area (Å²) in [6.07, 6.45) is 1.98. The summed E-state index contributed by atoms with van der Waals surface area (Å²) < 4.78 is 0. The van der Waals surface area contributed by atoms with Crippen molar-refractivity contribution in [3.8, 4) is 0 Å². The summed E-state index contributed by atoms with van der Waals surface area (Å²) in [5, 5.41) is 9.72. The van der Waals surface area contributed by atoms with Crippen LogP contribution in [0, 0.1) is 0 Å².